The van der Waals surface area contributed by atoms with E-state index in [1.54, 1.807) is 19.9 Å². The number of nitriles is 1. The van der Waals surface area contributed by atoms with Crippen molar-refractivity contribution in [1.82, 2.24) is 4.57 Å². The van der Waals surface area contributed by atoms with Gasteiger partial charge in [-0.1, -0.05) is 0 Å². The van der Waals surface area contributed by atoms with Crippen LogP contribution in [0.4, 0.5) is 0 Å². The van der Waals surface area contributed by atoms with E-state index in [4.69, 9.17) is 5.26 Å². The maximum absolute atomic E-state index is 11.9. The Morgan fingerprint density at radius 2 is 2.12 bits per heavy atom. The lowest BCUT2D eigenvalue weighted by Gasteiger charge is -2.10. The Morgan fingerprint density at radius 1 is 1.50 bits per heavy atom. The van der Waals surface area contributed by atoms with Gasteiger partial charge < -0.3 is 4.57 Å². The maximum Gasteiger partial charge on any atom is 0.268 e. The van der Waals surface area contributed by atoms with Crippen LogP contribution in [0.5, 0.6) is 0 Å². The lowest BCUT2D eigenvalue weighted by Crippen LogP contribution is -2.26. The van der Waals surface area contributed by atoms with Gasteiger partial charge in [-0.25, -0.2) is 0 Å². The van der Waals surface area contributed by atoms with Gasteiger partial charge in [-0.15, -0.1) is 0 Å². The molecule has 0 radical (unpaired) electrons. The van der Waals surface area contributed by atoms with Crippen LogP contribution >= 0.6 is 0 Å². The molecule has 0 atom stereocenters. The van der Waals surface area contributed by atoms with Crippen LogP contribution in [0.15, 0.2) is 10.9 Å². The number of ketones is 1. The second-order valence-electron chi connectivity index (χ2n) is 3.86. The molecule has 4 heteroatoms. The first-order chi connectivity index (χ1) is 7.47. The van der Waals surface area contributed by atoms with Crippen LogP contribution in [-0.2, 0) is 11.3 Å². The number of carbonyl (C=O) groups is 1. The molecule has 1 aromatic rings. The molecule has 4 nitrogen and oxygen atoms in total. The molecule has 0 aliphatic rings. The van der Waals surface area contributed by atoms with Gasteiger partial charge in [0.15, 0.2) is 0 Å². The van der Waals surface area contributed by atoms with Crippen molar-refractivity contribution in [3.05, 3.63) is 33.2 Å². The largest absolute Gasteiger partial charge is 0.311 e. The summed E-state index contributed by atoms with van der Waals surface area (Å²) in [5, 5.41) is 8.86. The van der Waals surface area contributed by atoms with E-state index < -0.39 is 0 Å². The third-order valence-electron chi connectivity index (χ3n) is 2.50. The summed E-state index contributed by atoms with van der Waals surface area (Å²) in [6, 6.07) is 3.69. The summed E-state index contributed by atoms with van der Waals surface area (Å²) in [5.74, 6) is 0.0328. The average molecular weight is 218 g/mol. The van der Waals surface area contributed by atoms with Gasteiger partial charge in [0.2, 0.25) is 0 Å². The van der Waals surface area contributed by atoms with Gasteiger partial charge in [0.25, 0.3) is 5.56 Å². The number of pyridine rings is 1. The number of aromatic nitrogens is 1. The molecule has 0 saturated heterocycles. The lowest BCUT2D eigenvalue weighted by atomic mass is 10.1. The summed E-state index contributed by atoms with van der Waals surface area (Å²) in [6.07, 6.45) is 0.314. The smallest absolute Gasteiger partial charge is 0.268 e. The molecule has 0 fully saturated rings. The highest BCUT2D eigenvalue weighted by atomic mass is 16.1. The molecule has 0 bridgehead atoms. The molecule has 0 aliphatic heterocycles. The summed E-state index contributed by atoms with van der Waals surface area (Å²) >= 11 is 0. The molecule has 0 spiro atoms. The van der Waals surface area contributed by atoms with E-state index in [9.17, 15) is 9.59 Å². The van der Waals surface area contributed by atoms with E-state index >= 15 is 0 Å². The van der Waals surface area contributed by atoms with Gasteiger partial charge in [0.1, 0.15) is 17.4 Å². The van der Waals surface area contributed by atoms with Crippen LogP contribution in [0, 0.1) is 25.2 Å². The molecule has 16 heavy (non-hydrogen) atoms. The van der Waals surface area contributed by atoms with E-state index in [1.165, 1.54) is 11.5 Å². The van der Waals surface area contributed by atoms with Crippen molar-refractivity contribution in [3.63, 3.8) is 0 Å². The third kappa shape index (κ3) is 2.37. The molecule has 0 N–H and O–H groups in total. The summed E-state index contributed by atoms with van der Waals surface area (Å²) in [6.45, 7) is 5.37. The fourth-order valence-electron chi connectivity index (χ4n) is 1.61. The van der Waals surface area contributed by atoms with Gasteiger partial charge in [-0.2, -0.15) is 5.26 Å². The Morgan fingerprint density at radius 3 is 2.62 bits per heavy atom. The van der Waals surface area contributed by atoms with Crippen molar-refractivity contribution >= 4 is 5.78 Å². The molecule has 0 saturated carbocycles. The zero-order chi connectivity index (χ0) is 12.3. The Bertz CT molecular complexity index is 521. The highest BCUT2D eigenvalue weighted by molar-refractivity contribution is 5.75. The van der Waals surface area contributed by atoms with E-state index in [1.807, 2.05) is 6.07 Å². The van der Waals surface area contributed by atoms with E-state index in [0.717, 1.165) is 5.69 Å². The second-order valence-corrected chi connectivity index (χ2v) is 3.86. The highest BCUT2D eigenvalue weighted by Gasteiger charge is 2.09. The number of rotatable bonds is 3. The van der Waals surface area contributed by atoms with E-state index in [0.29, 0.717) is 18.5 Å². The molecular formula is C12H14N2O2. The zero-order valence-electron chi connectivity index (χ0n) is 9.70. The van der Waals surface area contributed by atoms with Crippen molar-refractivity contribution in [1.29, 1.82) is 5.26 Å². The summed E-state index contributed by atoms with van der Waals surface area (Å²) in [7, 11) is 0. The Hall–Kier alpha value is -1.89. The first-order valence-electron chi connectivity index (χ1n) is 5.08. The number of hydrogen-bond acceptors (Lipinski definition) is 3. The molecule has 0 aliphatic carbocycles. The van der Waals surface area contributed by atoms with Crippen LogP contribution in [-0.4, -0.2) is 10.4 Å². The average Bonchev–Trinajstić information content (AvgIpc) is 2.16. The van der Waals surface area contributed by atoms with Crippen LogP contribution in [0.2, 0.25) is 0 Å². The quantitative estimate of drug-likeness (QED) is 0.768. The van der Waals surface area contributed by atoms with Crippen LogP contribution in [0.1, 0.15) is 30.2 Å². The third-order valence-corrected chi connectivity index (χ3v) is 2.50. The van der Waals surface area contributed by atoms with Gasteiger partial charge in [-0.3, -0.25) is 9.59 Å². The maximum atomic E-state index is 11.9. The van der Waals surface area contributed by atoms with Gasteiger partial charge in [-0.05, 0) is 32.4 Å². The first kappa shape index (κ1) is 12.2. The van der Waals surface area contributed by atoms with Crippen LogP contribution < -0.4 is 5.56 Å². The zero-order valence-corrected chi connectivity index (χ0v) is 9.70. The van der Waals surface area contributed by atoms with Gasteiger partial charge in [0, 0.05) is 18.7 Å². The fourth-order valence-corrected chi connectivity index (χ4v) is 1.61. The van der Waals surface area contributed by atoms with E-state index in [2.05, 4.69) is 0 Å². The summed E-state index contributed by atoms with van der Waals surface area (Å²) in [4.78, 5) is 22.8. The number of nitrogens with zero attached hydrogens (tertiary/aromatic N) is 2. The Balaban J connectivity index is 3.25. The lowest BCUT2D eigenvalue weighted by molar-refractivity contribution is -0.117. The normalized spacial score (nSPS) is 9.88. The van der Waals surface area contributed by atoms with E-state index in [-0.39, 0.29) is 16.9 Å². The molecule has 0 unspecified atom stereocenters. The molecular weight excluding hydrogens is 204 g/mol. The number of Topliss-reactive ketones (excluding diaryl/α,β-unsaturated/α-hetero) is 1. The second kappa shape index (κ2) is 4.75. The minimum absolute atomic E-state index is 0.0328. The number of aryl methyl sites for hydroxylation is 2. The number of hydrogen-bond donors (Lipinski definition) is 0. The first-order valence-corrected chi connectivity index (χ1v) is 5.08. The van der Waals surface area contributed by atoms with Crippen LogP contribution in [0.3, 0.4) is 0 Å². The van der Waals surface area contributed by atoms with Crippen molar-refractivity contribution in [2.24, 2.45) is 0 Å². The molecule has 0 amide bonds. The van der Waals surface area contributed by atoms with Crippen LogP contribution in [0.25, 0.3) is 0 Å². The molecule has 1 aromatic heterocycles. The summed E-state index contributed by atoms with van der Waals surface area (Å²) in [5.41, 5.74) is 1.32. The van der Waals surface area contributed by atoms with Crippen molar-refractivity contribution in [3.8, 4) is 6.07 Å². The standard InChI is InChI=1S/C12H14N2O2/c1-8-6-9(2)14(5-4-10(3)15)12(16)11(8)7-13/h6H,4-5H2,1-3H3. The monoisotopic (exact) mass is 218 g/mol. The Labute approximate surface area is 94.1 Å². The molecule has 0 aromatic carbocycles. The molecule has 1 rings (SSSR count). The van der Waals surface area contributed by atoms with Gasteiger partial charge >= 0.3 is 0 Å². The summed E-state index contributed by atoms with van der Waals surface area (Å²) < 4.78 is 1.48. The minimum Gasteiger partial charge on any atom is -0.311 e. The van der Waals surface area contributed by atoms with Crippen molar-refractivity contribution in [2.75, 3.05) is 0 Å². The Kier molecular flexibility index (Phi) is 3.62. The minimum atomic E-state index is -0.304. The van der Waals surface area contributed by atoms with Crippen molar-refractivity contribution in [2.45, 2.75) is 33.7 Å². The fraction of sp³-hybridized carbons (Fsp3) is 0.417. The number of carbonyl (C=O) groups excluding carboxylic acids is 1. The molecule has 84 valence electrons. The van der Waals surface area contributed by atoms with Gasteiger partial charge in [0.05, 0.1) is 0 Å². The van der Waals surface area contributed by atoms with Crippen molar-refractivity contribution < 1.29 is 4.79 Å². The highest BCUT2D eigenvalue weighted by Crippen LogP contribution is 2.05. The SMILES string of the molecule is CC(=O)CCn1c(C)cc(C)c(C#N)c1=O. The predicted octanol–water partition coefficient (Wildman–Crippen LogP) is 1.32. The predicted molar refractivity (Wildman–Crippen MR) is 60.2 cm³/mol. The topological polar surface area (TPSA) is 62.9 Å². The molecule has 1 heterocycles.